The molecule has 6 heteroatoms. The van der Waals surface area contributed by atoms with Crippen LogP contribution in [0.25, 0.3) is 0 Å². The van der Waals surface area contributed by atoms with Gasteiger partial charge in [-0.15, -0.1) is 11.6 Å². The van der Waals surface area contributed by atoms with Gasteiger partial charge in [-0.2, -0.15) is 13.2 Å². The summed E-state index contributed by atoms with van der Waals surface area (Å²) in [5.74, 6) is -1.72. The van der Waals surface area contributed by atoms with E-state index < -0.39 is 23.4 Å². The Bertz CT molecular complexity index is 194. The summed E-state index contributed by atoms with van der Waals surface area (Å²) in [4.78, 5) is 10.8. The highest BCUT2D eigenvalue weighted by atomic mass is 35.5. The standard InChI is InChI=1S/C6H7ClF3NO/c7-4(6(8,9)10)3-1-2-11-5(3)12/h3-4H,1-2H2,(H,11,12). The lowest BCUT2D eigenvalue weighted by molar-refractivity contribution is -0.148. The Morgan fingerprint density at radius 3 is 2.50 bits per heavy atom. The quantitative estimate of drug-likeness (QED) is 0.637. The highest BCUT2D eigenvalue weighted by molar-refractivity contribution is 6.22. The van der Waals surface area contributed by atoms with Crippen LogP contribution in [0.2, 0.25) is 0 Å². The van der Waals surface area contributed by atoms with Crippen molar-refractivity contribution in [3.8, 4) is 0 Å². The molecule has 1 aliphatic rings. The van der Waals surface area contributed by atoms with Crippen LogP contribution in [0.15, 0.2) is 0 Å². The number of carbonyl (C=O) groups excluding carboxylic acids is 1. The number of hydrogen-bond acceptors (Lipinski definition) is 1. The molecule has 1 amide bonds. The van der Waals surface area contributed by atoms with E-state index in [9.17, 15) is 18.0 Å². The second-order valence-corrected chi connectivity index (χ2v) is 3.10. The summed E-state index contributed by atoms with van der Waals surface area (Å²) in [6.07, 6.45) is -4.33. The molecule has 12 heavy (non-hydrogen) atoms. The van der Waals surface area contributed by atoms with Crippen molar-refractivity contribution in [2.45, 2.75) is 18.0 Å². The van der Waals surface area contributed by atoms with Crippen LogP contribution in [0.1, 0.15) is 6.42 Å². The van der Waals surface area contributed by atoms with Crippen molar-refractivity contribution in [1.82, 2.24) is 5.32 Å². The van der Waals surface area contributed by atoms with Crippen molar-refractivity contribution in [3.63, 3.8) is 0 Å². The largest absolute Gasteiger partial charge is 0.405 e. The molecule has 0 aromatic heterocycles. The first kappa shape index (κ1) is 9.64. The second kappa shape index (κ2) is 3.12. The van der Waals surface area contributed by atoms with Gasteiger partial charge in [0, 0.05) is 6.54 Å². The highest BCUT2D eigenvalue weighted by Gasteiger charge is 2.47. The summed E-state index contributed by atoms with van der Waals surface area (Å²) in [7, 11) is 0. The average Bonchev–Trinajstić information content (AvgIpc) is 2.31. The van der Waals surface area contributed by atoms with E-state index in [0.717, 1.165) is 0 Å². The van der Waals surface area contributed by atoms with Crippen LogP contribution >= 0.6 is 11.6 Å². The van der Waals surface area contributed by atoms with Crippen LogP contribution in [0.4, 0.5) is 13.2 Å². The molecule has 1 saturated heterocycles. The predicted octanol–water partition coefficient (Wildman–Crippen LogP) is 1.29. The van der Waals surface area contributed by atoms with E-state index in [0.29, 0.717) is 0 Å². The first-order chi connectivity index (χ1) is 5.43. The third-order valence-electron chi connectivity index (χ3n) is 1.76. The predicted molar refractivity (Wildman–Crippen MR) is 36.8 cm³/mol. The highest BCUT2D eigenvalue weighted by Crippen LogP contribution is 2.33. The van der Waals surface area contributed by atoms with Gasteiger partial charge < -0.3 is 5.32 Å². The van der Waals surface area contributed by atoms with E-state index in [-0.39, 0.29) is 13.0 Å². The van der Waals surface area contributed by atoms with Gasteiger partial charge in [0.05, 0.1) is 5.92 Å². The molecular weight excluding hydrogens is 195 g/mol. The minimum absolute atomic E-state index is 0.159. The molecule has 1 fully saturated rings. The van der Waals surface area contributed by atoms with Crippen molar-refractivity contribution < 1.29 is 18.0 Å². The number of alkyl halides is 4. The molecule has 0 saturated carbocycles. The first-order valence-corrected chi connectivity index (χ1v) is 3.85. The normalized spacial score (nSPS) is 27.0. The Balaban J connectivity index is 2.63. The van der Waals surface area contributed by atoms with Gasteiger partial charge in [0.2, 0.25) is 5.91 Å². The molecule has 1 N–H and O–H groups in total. The molecule has 2 atom stereocenters. The Hall–Kier alpha value is -0.450. The van der Waals surface area contributed by atoms with E-state index in [1.54, 1.807) is 0 Å². The van der Waals surface area contributed by atoms with Gasteiger partial charge in [-0.05, 0) is 6.42 Å². The van der Waals surface area contributed by atoms with Gasteiger partial charge in [0.15, 0.2) is 0 Å². The van der Waals surface area contributed by atoms with Crippen LogP contribution in [-0.2, 0) is 4.79 Å². The number of hydrogen-bond donors (Lipinski definition) is 1. The summed E-state index contributed by atoms with van der Waals surface area (Å²) in [6, 6.07) is 0. The molecule has 0 bridgehead atoms. The summed E-state index contributed by atoms with van der Waals surface area (Å²) in [5, 5.41) is 0.244. The number of carbonyl (C=O) groups is 1. The second-order valence-electron chi connectivity index (χ2n) is 2.63. The maximum Gasteiger partial charge on any atom is 0.405 e. The van der Waals surface area contributed by atoms with Crippen LogP contribution in [0.3, 0.4) is 0 Å². The fourth-order valence-corrected chi connectivity index (χ4v) is 1.36. The van der Waals surface area contributed by atoms with Gasteiger partial charge in [-0.3, -0.25) is 4.79 Å². The Morgan fingerprint density at radius 1 is 1.58 bits per heavy atom. The Morgan fingerprint density at radius 2 is 2.17 bits per heavy atom. The first-order valence-electron chi connectivity index (χ1n) is 3.41. The van der Waals surface area contributed by atoms with Crippen molar-refractivity contribution >= 4 is 17.5 Å². The number of amides is 1. The zero-order valence-electron chi connectivity index (χ0n) is 5.99. The molecular formula is C6H7ClF3NO. The monoisotopic (exact) mass is 201 g/mol. The van der Waals surface area contributed by atoms with Crippen molar-refractivity contribution in [3.05, 3.63) is 0 Å². The lowest BCUT2D eigenvalue weighted by Gasteiger charge is -2.17. The molecule has 0 aromatic rings. The zero-order valence-corrected chi connectivity index (χ0v) is 6.74. The third kappa shape index (κ3) is 1.83. The number of rotatable bonds is 1. The molecule has 0 aromatic carbocycles. The molecule has 1 heterocycles. The van der Waals surface area contributed by atoms with Crippen LogP contribution in [0.5, 0.6) is 0 Å². The minimum Gasteiger partial charge on any atom is -0.356 e. The van der Waals surface area contributed by atoms with Crippen molar-refractivity contribution in [2.75, 3.05) is 6.54 Å². The molecule has 0 spiro atoms. The molecule has 1 aliphatic heterocycles. The van der Waals surface area contributed by atoms with Crippen molar-refractivity contribution in [1.29, 1.82) is 0 Å². The van der Waals surface area contributed by atoms with Gasteiger partial charge >= 0.3 is 6.18 Å². The Labute approximate surface area is 72.1 Å². The summed E-state index contributed by atoms with van der Waals surface area (Å²) in [5.41, 5.74) is 0. The summed E-state index contributed by atoms with van der Waals surface area (Å²) in [6.45, 7) is 0.281. The number of nitrogens with one attached hydrogen (secondary N) is 1. The molecule has 1 rings (SSSR count). The van der Waals surface area contributed by atoms with Crippen molar-refractivity contribution in [2.24, 2.45) is 5.92 Å². The van der Waals surface area contributed by atoms with Crippen LogP contribution in [0, 0.1) is 5.92 Å². The van der Waals surface area contributed by atoms with Gasteiger partial charge in [-0.1, -0.05) is 0 Å². The van der Waals surface area contributed by atoms with Crippen LogP contribution < -0.4 is 5.32 Å². The molecule has 0 aliphatic carbocycles. The lowest BCUT2D eigenvalue weighted by atomic mass is 10.0. The fourth-order valence-electron chi connectivity index (χ4n) is 1.12. The number of halogens is 4. The smallest absolute Gasteiger partial charge is 0.356 e. The van der Waals surface area contributed by atoms with E-state index in [2.05, 4.69) is 5.32 Å². The van der Waals surface area contributed by atoms with E-state index >= 15 is 0 Å². The van der Waals surface area contributed by atoms with Gasteiger partial charge in [0.25, 0.3) is 0 Å². The van der Waals surface area contributed by atoms with Gasteiger partial charge in [-0.25, -0.2) is 0 Å². The molecule has 70 valence electrons. The average molecular weight is 202 g/mol. The molecule has 2 nitrogen and oxygen atoms in total. The topological polar surface area (TPSA) is 29.1 Å². The maximum atomic E-state index is 12.0. The minimum atomic E-state index is -4.49. The lowest BCUT2D eigenvalue weighted by Crippen LogP contribution is -2.35. The molecule has 2 unspecified atom stereocenters. The van der Waals surface area contributed by atoms with Crippen LogP contribution in [-0.4, -0.2) is 24.0 Å². The van der Waals surface area contributed by atoms with E-state index in [4.69, 9.17) is 11.6 Å². The van der Waals surface area contributed by atoms with E-state index in [1.165, 1.54) is 0 Å². The zero-order chi connectivity index (χ0) is 9.35. The SMILES string of the molecule is O=C1NCCC1C(Cl)C(F)(F)F. The fraction of sp³-hybridized carbons (Fsp3) is 0.833. The Kier molecular flexibility index (Phi) is 2.51. The van der Waals surface area contributed by atoms with Gasteiger partial charge in [0.1, 0.15) is 5.38 Å². The summed E-state index contributed by atoms with van der Waals surface area (Å²) < 4.78 is 35.9. The third-order valence-corrected chi connectivity index (χ3v) is 2.31. The molecule has 0 radical (unpaired) electrons. The maximum absolute atomic E-state index is 12.0. The van der Waals surface area contributed by atoms with E-state index in [1.807, 2.05) is 0 Å². The summed E-state index contributed by atoms with van der Waals surface area (Å²) >= 11 is 5.07.